The standard InChI is InChI=1S/C28H33FN6O2/c1-4-26(27-31-32-33-35(27)15-20-7-9-22(29)10-8-20)34(17-23-6-5-11-37-23)16-21-14-24-19(3)12-18(2)13-25(24)30-28(21)36/h7-10,12-14,23,26H,4-6,11,15-17H2,1-3H3,(H,30,36)/t23-,26+/m0/s1. The normalized spacial score (nSPS) is 16.6. The van der Waals surface area contributed by atoms with Crippen LogP contribution in [0.4, 0.5) is 4.39 Å². The van der Waals surface area contributed by atoms with Gasteiger partial charge >= 0.3 is 0 Å². The molecule has 8 nitrogen and oxygen atoms in total. The van der Waals surface area contributed by atoms with E-state index < -0.39 is 0 Å². The first-order valence-corrected chi connectivity index (χ1v) is 12.9. The number of aryl methyl sites for hydroxylation is 2. The molecule has 0 saturated carbocycles. The van der Waals surface area contributed by atoms with Crippen molar-refractivity contribution in [3.8, 4) is 0 Å². The van der Waals surface area contributed by atoms with Gasteiger partial charge in [-0.25, -0.2) is 9.07 Å². The molecule has 0 aliphatic carbocycles. The third kappa shape index (κ3) is 5.62. The number of rotatable bonds is 9. The average molecular weight is 505 g/mol. The summed E-state index contributed by atoms with van der Waals surface area (Å²) in [6, 6.07) is 12.4. The Bertz CT molecular complexity index is 1430. The summed E-state index contributed by atoms with van der Waals surface area (Å²) in [5.74, 6) is 0.440. The summed E-state index contributed by atoms with van der Waals surface area (Å²) in [5.41, 5.74) is 4.63. The number of benzene rings is 2. The second-order valence-electron chi connectivity index (χ2n) is 9.98. The van der Waals surface area contributed by atoms with Crippen LogP contribution in [0.5, 0.6) is 0 Å². The molecule has 1 aliphatic rings. The Hall–Kier alpha value is -3.43. The lowest BCUT2D eigenvalue weighted by Gasteiger charge is -2.32. The van der Waals surface area contributed by atoms with Crippen LogP contribution in [-0.2, 0) is 17.8 Å². The highest BCUT2D eigenvalue weighted by Crippen LogP contribution is 2.28. The summed E-state index contributed by atoms with van der Waals surface area (Å²) >= 11 is 0. The van der Waals surface area contributed by atoms with Gasteiger partial charge in [0.05, 0.1) is 18.7 Å². The Balaban J connectivity index is 1.49. The van der Waals surface area contributed by atoms with Crippen molar-refractivity contribution in [3.63, 3.8) is 0 Å². The summed E-state index contributed by atoms with van der Waals surface area (Å²) in [6.45, 7) is 8.51. The van der Waals surface area contributed by atoms with Crippen LogP contribution in [-0.4, -0.2) is 49.3 Å². The number of tetrazole rings is 1. The summed E-state index contributed by atoms with van der Waals surface area (Å²) in [7, 11) is 0. The van der Waals surface area contributed by atoms with E-state index >= 15 is 0 Å². The molecule has 0 unspecified atom stereocenters. The predicted octanol–water partition coefficient (Wildman–Crippen LogP) is 4.45. The molecule has 9 heteroatoms. The zero-order valence-corrected chi connectivity index (χ0v) is 21.6. The molecular weight excluding hydrogens is 471 g/mol. The minimum absolute atomic E-state index is 0.0874. The van der Waals surface area contributed by atoms with Gasteiger partial charge in [-0.05, 0) is 84.5 Å². The van der Waals surface area contributed by atoms with E-state index in [1.807, 2.05) is 19.1 Å². The van der Waals surface area contributed by atoms with Gasteiger partial charge in [0.1, 0.15) is 5.82 Å². The van der Waals surface area contributed by atoms with Crippen molar-refractivity contribution < 1.29 is 9.13 Å². The molecular formula is C28H33FN6O2. The maximum absolute atomic E-state index is 13.4. The largest absolute Gasteiger partial charge is 0.377 e. The summed E-state index contributed by atoms with van der Waals surface area (Å²) < 4.78 is 21.2. The van der Waals surface area contributed by atoms with Crippen LogP contribution in [0, 0.1) is 19.7 Å². The monoisotopic (exact) mass is 504 g/mol. The zero-order chi connectivity index (χ0) is 25.9. The van der Waals surface area contributed by atoms with Crippen molar-refractivity contribution in [2.45, 2.75) is 65.3 Å². The van der Waals surface area contributed by atoms with E-state index in [9.17, 15) is 9.18 Å². The van der Waals surface area contributed by atoms with Crippen molar-refractivity contribution in [2.24, 2.45) is 0 Å². The molecule has 5 rings (SSSR count). The van der Waals surface area contributed by atoms with Gasteiger partial charge in [0.15, 0.2) is 5.82 Å². The number of nitrogens with zero attached hydrogens (tertiary/aromatic N) is 5. The van der Waals surface area contributed by atoms with Crippen LogP contribution in [0.1, 0.15) is 60.3 Å². The number of hydrogen-bond acceptors (Lipinski definition) is 6. The summed E-state index contributed by atoms with van der Waals surface area (Å²) in [6.07, 6.45) is 2.87. The fourth-order valence-corrected chi connectivity index (χ4v) is 5.33. The molecule has 37 heavy (non-hydrogen) atoms. The lowest BCUT2D eigenvalue weighted by atomic mass is 10.0. The molecule has 2 atom stereocenters. The van der Waals surface area contributed by atoms with Crippen LogP contribution in [0.3, 0.4) is 0 Å². The van der Waals surface area contributed by atoms with E-state index in [1.165, 1.54) is 12.1 Å². The fraction of sp³-hybridized carbons (Fsp3) is 0.429. The topological polar surface area (TPSA) is 88.9 Å². The Morgan fingerprint density at radius 2 is 2.03 bits per heavy atom. The molecule has 0 bridgehead atoms. The van der Waals surface area contributed by atoms with Crippen molar-refractivity contribution in [2.75, 3.05) is 13.2 Å². The molecule has 3 heterocycles. The van der Waals surface area contributed by atoms with Crippen molar-refractivity contribution >= 4 is 10.9 Å². The van der Waals surface area contributed by atoms with Crippen LogP contribution in [0.15, 0.2) is 47.3 Å². The second kappa shape index (κ2) is 10.9. The third-order valence-corrected chi connectivity index (χ3v) is 7.16. The maximum atomic E-state index is 13.4. The lowest BCUT2D eigenvalue weighted by Crippen LogP contribution is -2.37. The Labute approximate surface area is 215 Å². The molecule has 194 valence electrons. The maximum Gasteiger partial charge on any atom is 0.252 e. The summed E-state index contributed by atoms with van der Waals surface area (Å²) in [4.78, 5) is 18.5. The molecule has 4 aromatic rings. The first-order chi connectivity index (χ1) is 17.9. The molecule has 2 aromatic carbocycles. The summed E-state index contributed by atoms with van der Waals surface area (Å²) in [5, 5.41) is 13.6. The molecule has 1 N–H and O–H groups in total. The van der Waals surface area contributed by atoms with Gasteiger partial charge in [-0.2, -0.15) is 0 Å². The number of hydrogen-bond donors (Lipinski definition) is 1. The van der Waals surface area contributed by atoms with Crippen molar-refractivity contribution in [3.05, 3.63) is 86.7 Å². The quantitative estimate of drug-likeness (QED) is 0.362. The number of aromatic amines is 1. The number of nitrogens with one attached hydrogen (secondary N) is 1. The van der Waals surface area contributed by atoms with Gasteiger partial charge in [-0.15, -0.1) is 5.10 Å². The molecule has 1 saturated heterocycles. The Kier molecular flexibility index (Phi) is 7.43. The van der Waals surface area contributed by atoms with E-state index in [-0.39, 0.29) is 23.5 Å². The molecule has 0 spiro atoms. The van der Waals surface area contributed by atoms with Crippen molar-refractivity contribution in [1.29, 1.82) is 0 Å². The molecule has 1 fully saturated rings. The van der Waals surface area contributed by atoms with Gasteiger partial charge in [-0.1, -0.05) is 25.1 Å². The third-order valence-electron chi connectivity index (χ3n) is 7.16. The number of fused-ring (bicyclic) bond motifs is 1. The van der Waals surface area contributed by atoms with Crippen LogP contribution in [0.2, 0.25) is 0 Å². The number of aromatic nitrogens is 5. The first-order valence-electron chi connectivity index (χ1n) is 12.9. The molecule has 0 amide bonds. The van der Waals surface area contributed by atoms with E-state index in [4.69, 9.17) is 4.74 Å². The number of halogens is 1. The molecule has 2 aromatic heterocycles. The van der Waals surface area contributed by atoms with Crippen LogP contribution in [0.25, 0.3) is 10.9 Å². The van der Waals surface area contributed by atoms with Crippen LogP contribution >= 0.6 is 0 Å². The van der Waals surface area contributed by atoms with Gasteiger partial charge in [0, 0.05) is 36.2 Å². The van der Waals surface area contributed by atoms with E-state index in [0.29, 0.717) is 31.0 Å². The highest BCUT2D eigenvalue weighted by molar-refractivity contribution is 5.83. The second-order valence-corrected chi connectivity index (χ2v) is 9.98. The van der Waals surface area contributed by atoms with E-state index in [2.05, 4.69) is 45.3 Å². The number of H-pyrrole nitrogens is 1. The minimum atomic E-state index is -0.277. The smallest absolute Gasteiger partial charge is 0.252 e. The van der Waals surface area contributed by atoms with Gasteiger partial charge in [0.2, 0.25) is 0 Å². The highest BCUT2D eigenvalue weighted by atomic mass is 19.1. The number of ether oxygens (including phenoxy) is 1. The average Bonchev–Trinajstić information content (AvgIpc) is 3.54. The SMILES string of the molecule is CC[C@H](c1nnnn1Cc1ccc(F)cc1)N(Cc1cc2c(C)cc(C)cc2[nH]c1=O)C[C@@H]1CCCO1. The van der Waals surface area contributed by atoms with Gasteiger partial charge < -0.3 is 9.72 Å². The zero-order valence-electron chi connectivity index (χ0n) is 21.6. The molecule has 1 aliphatic heterocycles. The fourth-order valence-electron chi connectivity index (χ4n) is 5.33. The highest BCUT2D eigenvalue weighted by Gasteiger charge is 2.29. The van der Waals surface area contributed by atoms with E-state index in [0.717, 1.165) is 53.5 Å². The van der Waals surface area contributed by atoms with Crippen molar-refractivity contribution in [1.82, 2.24) is 30.1 Å². The van der Waals surface area contributed by atoms with Crippen LogP contribution < -0.4 is 5.56 Å². The Morgan fingerprint density at radius 3 is 2.76 bits per heavy atom. The van der Waals surface area contributed by atoms with E-state index in [1.54, 1.807) is 16.8 Å². The minimum Gasteiger partial charge on any atom is -0.377 e. The van der Waals surface area contributed by atoms with Gasteiger partial charge in [-0.3, -0.25) is 9.69 Å². The Morgan fingerprint density at radius 1 is 1.22 bits per heavy atom. The van der Waals surface area contributed by atoms with Gasteiger partial charge in [0.25, 0.3) is 5.56 Å². The first kappa shape index (κ1) is 25.2. The molecule has 0 radical (unpaired) electrons. The number of pyridine rings is 1. The lowest BCUT2D eigenvalue weighted by molar-refractivity contribution is 0.0489. The predicted molar refractivity (Wildman–Crippen MR) is 140 cm³/mol.